The number of amides is 1. The van der Waals surface area contributed by atoms with Gasteiger partial charge in [0.1, 0.15) is 5.75 Å². The Morgan fingerprint density at radius 3 is 2.32 bits per heavy atom. The Hall–Kier alpha value is -1.46. The first kappa shape index (κ1) is 19.9. The molecule has 25 heavy (non-hydrogen) atoms. The van der Waals surface area contributed by atoms with Crippen molar-refractivity contribution in [3.05, 3.63) is 29.3 Å². The average Bonchev–Trinajstić information content (AvgIpc) is 2.64. The number of carbonyl (C=O) groups excluding carboxylic acids is 1. The molecule has 1 aliphatic rings. The number of hydrogen-bond donors (Lipinski definition) is 0. The van der Waals surface area contributed by atoms with Gasteiger partial charge in [0.15, 0.2) is 0 Å². The minimum Gasteiger partial charge on any atom is -0.493 e. The van der Waals surface area contributed by atoms with Gasteiger partial charge in [-0.05, 0) is 37.1 Å². The van der Waals surface area contributed by atoms with Gasteiger partial charge in [0.25, 0.3) is 0 Å². The first-order chi connectivity index (χ1) is 12.1. The average molecular weight is 369 g/mol. The third-order valence-electron chi connectivity index (χ3n) is 4.63. The van der Waals surface area contributed by atoms with E-state index in [-0.39, 0.29) is 6.09 Å². The van der Waals surface area contributed by atoms with Crippen LogP contribution in [0.1, 0.15) is 33.1 Å². The molecule has 0 unspecified atom stereocenters. The third-order valence-corrected chi connectivity index (χ3v) is 4.88. The van der Waals surface area contributed by atoms with E-state index in [0.717, 1.165) is 44.8 Å². The highest BCUT2D eigenvalue weighted by molar-refractivity contribution is 6.30. The van der Waals surface area contributed by atoms with Crippen molar-refractivity contribution >= 4 is 17.7 Å². The minimum absolute atomic E-state index is 0.212. The number of piperazine rings is 1. The Morgan fingerprint density at radius 1 is 1.08 bits per heavy atom. The van der Waals surface area contributed by atoms with E-state index >= 15 is 0 Å². The Kier molecular flexibility index (Phi) is 8.35. The van der Waals surface area contributed by atoms with E-state index in [2.05, 4.69) is 18.7 Å². The summed E-state index contributed by atoms with van der Waals surface area (Å²) >= 11 is 5.83. The van der Waals surface area contributed by atoms with Crippen molar-refractivity contribution in [2.24, 2.45) is 0 Å². The Balaban J connectivity index is 1.59. The molecule has 5 nitrogen and oxygen atoms in total. The van der Waals surface area contributed by atoms with Crippen LogP contribution in [0, 0.1) is 0 Å². The zero-order valence-electron chi connectivity index (χ0n) is 15.2. The van der Waals surface area contributed by atoms with Gasteiger partial charge >= 0.3 is 6.09 Å². The van der Waals surface area contributed by atoms with Crippen LogP contribution in [0.2, 0.25) is 5.02 Å². The fourth-order valence-corrected chi connectivity index (χ4v) is 3.23. The molecular formula is C19H29ClN2O3. The van der Waals surface area contributed by atoms with E-state index < -0.39 is 0 Å². The lowest BCUT2D eigenvalue weighted by Crippen LogP contribution is -2.51. The molecule has 1 amide bonds. The molecule has 0 atom stereocenters. The molecule has 0 N–H and O–H groups in total. The predicted molar refractivity (Wildman–Crippen MR) is 100 cm³/mol. The fourth-order valence-electron chi connectivity index (χ4n) is 3.11. The third kappa shape index (κ3) is 6.40. The van der Waals surface area contributed by atoms with Gasteiger partial charge < -0.3 is 14.4 Å². The molecule has 0 bridgehead atoms. The van der Waals surface area contributed by atoms with Crippen LogP contribution in [0.5, 0.6) is 5.75 Å². The van der Waals surface area contributed by atoms with Gasteiger partial charge in [-0.3, -0.25) is 4.90 Å². The van der Waals surface area contributed by atoms with Gasteiger partial charge in [0.05, 0.1) is 13.2 Å². The summed E-state index contributed by atoms with van der Waals surface area (Å²) in [5, 5.41) is 0.686. The summed E-state index contributed by atoms with van der Waals surface area (Å²) in [6.45, 7) is 8.69. The van der Waals surface area contributed by atoms with Crippen LogP contribution in [0.15, 0.2) is 24.3 Å². The number of benzene rings is 1. The van der Waals surface area contributed by atoms with Crippen molar-refractivity contribution in [2.45, 2.75) is 39.2 Å². The van der Waals surface area contributed by atoms with Gasteiger partial charge in [0.2, 0.25) is 0 Å². The molecule has 1 saturated heterocycles. The Bertz CT molecular complexity index is 512. The monoisotopic (exact) mass is 368 g/mol. The maximum atomic E-state index is 12.1. The number of rotatable bonds is 8. The van der Waals surface area contributed by atoms with Crippen LogP contribution in [-0.2, 0) is 4.74 Å². The standard InChI is InChI=1S/C19H29ClN2O3/c1-3-17(4-2)21-10-12-22(13-11-21)19(23)25-15-5-14-24-18-8-6-16(20)7-9-18/h6-9,17H,3-5,10-15H2,1-2H3. The quantitative estimate of drug-likeness (QED) is 0.649. The first-order valence-corrected chi connectivity index (χ1v) is 9.56. The van der Waals surface area contributed by atoms with Gasteiger partial charge in [-0.1, -0.05) is 25.4 Å². The summed E-state index contributed by atoms with van der Waals surface area (Å²) in [7, 11) is 0. The number of nitrogens with zero attached hydrogens (tertiary/aromatic N) is 2. The number of ether oxygens (including phenoxy) is 2. The summed E-state index contributed by atoms with van der Waals surface area (Å²) in [6, 6.07) is 7.86. The van der Waals surface area contributed by atoms with E-state index in [4.69, 9.17) is 21.1 Å². The van der Waals surface area contributed by atoms with E-state index in [1.807, 2.05) is 12.1 Å². The molecule has 1 heterocycles. The van der Waals surface area contributed by atoms with E-state index in [1.165, 1.54) is 0 Å². The smallest absolute Gasteiger partial charge is 0.409 e. The molecule has 140 valence electrons. The number of halogens is 1. The van der Waals surface area contributed by atoms with Crippen LogP contribution in [0.4, 0.5) is 4.79 Å². The number of carbonyl (C=O) groups is 1. The molecule has 6 heteroatoms. The van der Waals surface area contributed by atoms with Gasteiger partial charge in [-0.15, -0.1) is 0 Å². The van der Waals surface area contributed by atoms with E-state index in [1.54, 1.807) is 17.0 Å². The Morgan fingerprint density at radius 2 is 1.72 bits per heavy atom. The minimum atomic E-state index is -0.212. The lowest BCUT2D eigenvalue weighted by Gasteiger charge is -2.38. The predicted octanol–water partition coefficient (Wildman–Crippen LogP) is 4.05. The molecule has 0 aromatic heterocycles. The normalized spacial score (nSPS) is 15.4. The number of hydrogen-bond acceptors (Lipinski definition) is 4. The molecule has 0 aliphatic carbocycles. The summed E-state index contributed by atoms with van der Waals surface area (Å²) in [6.07, 6.45) is 2.78. The van der Waals surface area contributed by atoms with Gasteiger partial charge in [0, 0.05) is 43.7 Å². The summed E-state index contributed by atoms with van der Waals surface area (Å²) < 4.78 is 10.9. The maximum absolute atomic E-state index is 12.1. The molecule has 2 rings (SSSR count). The van der Waals surface area contributed by atoms with Crippen molar-refractivity contribution in [2.75, 3.05) is 39.4 Å². The molecule has 1 aromatic carbocycles. The molecule has 0 spiro atoms. The zero-order valence-corrected chi connectivity index (χ0v) is 16.0. The SMILES string of the molecule is CCC(CC)N1CCN(C(=O)OCCCOc2ccc(Cl)cc2)CC1. The highest BCUT2D eigenvalue weighted by atomic mass is 35.5. The summed E-state index contributed by atoms with van der Waals surface area (Å²) in [5.74, 6) is 0.772. The zero-order chi connectivity index (χ0) is 18.1. The molecular weight excluding hydrogens is 340 g/mol. The van der Waals surface area contributed by atoms with Crippen molar-refractivity contribution in [1.29, 1.82) is 0 Å². The van der Waals surface area contributed by atoms with Crippen molar-refractivity contribution in [3.8, 4) is 5.75 Å². The second kappa shape index (κ2) is 10.5. The van der Waals surface area contributed by atoms with Crippen LogP contribution in [-0.4, -0.2) is 61.3 Å². The van der Waals surface area contributed by atoms with Crippen molar-refractivity contribution in [1.82, 2.24) is 9.80 Å². The van der Waals surface area contributed by atoms with Crippen LogP contribution in [0.25, 0.3) is 0 Å². The second-order valence-electron chi connectivity index (χ2n) is 6.26. The van der Waals surface area contributed by atoms with Crippen molar-refractivity contribution < 1.29 is 14.3 Å². The lowest BCUT2D eigenvalue weighted by molar-refractivity contribution is 0.0596. The molecule has 0 saturated carbocycles. The highest BCUT2D eigenvalue weighted by Crippen LogP contribution is 2.16. The molecule has 1 aromatic rings. The van der Waals surface area contributed by atoms with E-state index in [9.17, 15) is 4.79 Å². The van der Waals surface area contributed by atoms with Gasteiger partial charge in [-0.2, -0.15) is 0 Å². The highest BCUT2D eigenvalue weighted by Gasteiger charge is 2.25. The molecule has 1 aliphatic heterocycles. The maximum Gasteiger partial charge on any atom is 0.409 e. The summed E-state index contributed by atoms with van der Waals surface area (Å²) in [4.78, 5) is 16.4. The van der Waals surface area contributed by atoms with Crippen molar-refractivity contribution in [3.63, 3.8) is 0 Å². The van der Waals surface area contributed by atoms with Crippen LogP contribution in [0.3, 0.4) is 0 Å². The van der Waals surface area contributed by atoms with Crippen LogP contribution >= 0.6 is 11.6 Å². The van der Waals surface area contributed by atoms with Crippen LogP contribution < -0.4 is 4.74 Å². The van der Waals surface area contributed by atoms with E-state index in [0.29, 0.717) is 30.7 Å². The largest absolute Gasteiger partial charge is 0.493 e. The summed E-state index contributed by atoms with van der Waals surface area (Å²) in [5.41, 5.74) is 0. The molecule has 1 fully saturated rings. The Labute approximate surface area is 155 Å². The lowest BCUT2D eigenvalue weighted by atomic mass is 10.1. The fraction of sp³-hybridized carbons (Fsp3) is 0.632. The topological polar surface area (TPSA) is 42.0 Å². The van der Waals surface area contributed by atoms with Gasteiger partial charge in [-0.25, -0.2) is 4.79 Å². The second-order valence-corrected chi connectivity index (χ2v) is 6.70. The first-order valence-electron chi connectivity index (χ1n) is 9.18. The molecule has 0 radical (unpaired) electrons.